The van der Waals surface area contributed by atoms with E-state index < -0.39 is 0 Å². The monoisotopic (exact) mass is 451 g/mol. The smallest absolute Gasteiger partial charge is 0.221 e. The summed E-state index contributed by atoms with van der Waals surface area (Å²) < 4.78 is 0. The Morgan fingerprint density at radius 2 is 1.83 bits per heavy atom. The maximum Gasteiger partial charge on any atom is 0.221 e. The highest BCUT2D eigenvalue weighted by Gasteiger charge is 2.21. The van der Waals surface area contributed by atoms with Gasteiger partial charge < -0.3 is 15.5 Å². The number of aromatic nitrogens is 1. The standard InChI is InChI=1S/C22H29N5O.2ClH/c28-22(25-17-20-19-6-2-1-5-18(19)8-11-23-20)9-12-26-13-15-27(16-14-26)21-7-3-4-10-24-21;;/h1-7,10,20,23H,8-9,11-17H2,(H,25,28);2*1H. The van der Waals surface area contributed by atoms with Gasteiger partial charge >= 0.3 is 0 Å². The fourth-order valence-corrected chi connectivity index (χ4v) is 4.08. The van der Waals surface area contributed by atoms with Crippen LogP contribution in [0.1, 0.15) is 23.6 Å². The third-order valence-corrected chi connectivity index (χ3v) is 5.72. The van der Waals surface area contributed by atoms with Crippen molar-refractivity contribution in [2.24, 2.45) is 0 Å². The molecule has 2 aliphatic rings. The molecule has 0 bridgehead atoms. The summed E-state index contributed by atoms with van der Waals surface area (Å²) in [6.45, 7) is 6.31. The van der Waals surface area contributed by atoms with Crippen LogP contribution < -0.4 is 15.5 Å². The molecule has 0 radical (unpaired) electrons. The summed E-state index contributed by atoms with van der Waals surface area (Å²) in [7, 11) is 0. The van der Waals surface area contributed by atoms with Gasteiger partial charge in [-0.2, -0.15) is 0 Å². The summed E-state index contributed by atoms with van der Waals surface area (Å²) in [6, 6.07) is 14.8. The van der Waals surface area contributed by atoms with Crippen molar-refractivity contribution >= 4 is 36.5 Å². The van der Waals surface area contributed by atoms with Crippen molar-refractivity contribution in [3.05, 3.63) is 59.8 Å². The zero-order valence-electron chi connectivity index (χ0n) is 17.1. The second kappa shape index (κ2) is 12.1. The molecule has 6 nitrogen and oxygen atoms in total. The molecule has 1 aromatic heterocycles. The number of piperazine rings is 1. The molecule has 30 heavy (non-hydrogen) atoms. The van der Waals surface area contributed by atoms with Gasteiger partial charge in [0.2, 0.25) is 5.91 Å². The van der Waals surface area contributed by atoms with Crippen molar-refractivity contribution in [1.82, 2.24) is 20.5 Å². The molecular formula is C22H31Cl2N5O. The number of anilines is 1. The lowest BCUT2D eigenvalue weighted by Crippen LogP contribution is -2.47. The van der Waals surface area contributed by atoms with Gasteiger partial charge in [-0.3, -0.25) is 9.69 Å². The summed E-state index contributed by atoms with van der Waals surface area (Å²) in [5, 5.41) is 6.64. The van der Waals surface area contributed by atoms with E-state index in [9.17, 15) is 4.79 Å². The van der Waals surface area contributed by atoms with Gasteiger partial charge in [0.1, 0.15) is 5.82 Å². The second-order valence-corrected chi connectivity index (χ2v) is 7.53. The molecule has 1 aromatic carbocycles. The quantitative estimate of drug-likeness (QED) is 0.705. The average molecular weight is 452 g/mol. The van der Waals surface area contributed by atoms with Crippen LogP contribution in [0.15, 0.2) is 48.7 Å². The first-order chi connectivity index (χ1) is 13.8. The Morgan fingerprint density at radius 1 is 1.07 bits per heavy atom. The molecule has 1 amide bonds. The zero-order chi connectivity index (χ0) is 19.2. The number of carbonyl (C=O) groups excluding carboxylic acids is 1. The van der Waals surface area contributed by atoms with E-state index in [2.05, 4.69) is 55.7 Å². The number of halogens is 2. The van der Waals surface area contributed by atoms with Crippen LogP contribution in [0.4, 0.5) is 5.82 Å². The number of pyridine rings is 1. The van der Waals surface area contributed by atoms with Gasteiger partial charge in [0.05, 0.1) is 0 Å². The molecule has 8 heteroatoms. The van der Waals surface area contributed by atoms with E-state index in [1.54, 1.807) is 0 Å². The van der Waals surface area contributed by atoms with Crippen molar-refractivity contribution in [2.75, 3.05) is 50.7 Å². The van der Waals surface area contributed by atoms with E-state index in [0.29, 0.717) is 13.0 Å². The number of carbonyl (C=O) groups is 1. The Balaban J connectivity index is 0.00000160. The molecule has 2 N–H and O–H groups in total. The van der Waals surface area contributed by atoms with E-state index in [4.69, 9.17) is 0 Å². The third-order valence-electron chi connectivity index (χ3n) is 5.72. The van der Waals surface area contributed by atoms with Crippen LogP contribution >= 0.6 is 24.8 Å². The number of rotatable bonds is 6. The topological polar surface area (TPSA) is 60.5 Å². The summed E-state index contributed by atoms with van der Waals surface area (Å²) in [5.41, 5.74) is 2.71. The fourth-order valence-electron chi connectivity index (χ4n) is 4.08. The molecule has 2 aliphatic heterocycles. The highest BCUT2D eigenvalue weighted by atomic mass is 35.5. The lowest BCUT2D eigenvalue weighted by molar-refractivity contribution is -0.121. The Bertz CT molecular complexity index is 784. The van der Waals surface area contributed by atoms with Gasteiger partial charge in [-0.15, -0.1) is 24.8 Å². The summed E-state index contributed by atoms with van der Waals surface area (Å²) in [4.78, 5) is 21.4. The average Bonchev–Trinajstić information content (AvgIpc) is 2.77. The first-order valence-corrected chi connectivity index (χ1v) is 10.3. The normalized spacial score (nSPS) is 18.5. The molecular weight excluding hydrogens is 421 g/mol. The van der Waals surface area contributed by atoms with E-state index >= 15 is 0 Å². The molecule has 0 aliphatic carbocycles. The van der Waals surface area contributed by atoms with Crippen LogP contribution in [0.2, 0.25) is 0 Å². The molecule has 3 heterocycles. The van der Waals surface area contributed by atoms with Crippen molar-refractivity contribution in [2.45, 2.75) is 18.9 Å². The van der Waals surface area contributed by atoms with Crippen molar-refractivity contribution in [3.63, 3.8) is 0 Å². The Morgan fingerprint density at radius 3 is 2.60 bits per heavy atom. The largest absolute Gasteiger partial charge is 0.354 e. The van der Waals surface area contributed by atoms with Crippen LogP contribution in [0.3, 0.4) is 0 Å². The van der Waals surface area contributed by atoms with Gasteiger partial charge in [-0.25, -0.2) is 4.98 Å². The minimum Gasteiger partial charge on any atom is -0.354 e. The Hall–Kier alpha value is -1.86. The molecule has 1 saturated heterocycles. The van der Waals surface area contributed by atoms with E-state index in [1.165, 1.54) is 11.1 Å². The highest BCUT2D eigenvalue weighted by Crippen LogP contribution is 2.21. The number of nitrogens with zero attached hydrogens (tertiary/aromatic N) is 3. The van der Waals surface area contributed by atoms with Crippen LogP contribution in [0.25, 0.3) is 0 Å². The number of amides is 1. The van der Waals surface area contributed by atoms with Crippen molar-refractivity contribution in [3.8, 4) is 0 Å². The maximum absolute atomic E-state index is 12.3. The van der Waals surface area contributed by atoms with Crippen LogP contribution in [-0.2, 0) is 11.2 Å². The third kappa shape index (κ3) is 6.32. The molecule has 164 valence electrons. The molecule has 4 rings (SSSR count). The van der Waals surface area contributed by atoms with Crippen molar-refractivity contribution in [1.29, 1.82) is 0 Å². The molecule has 1 fully saturated rings. The summed E-state index contributed by atoms with van der Waals surface area (Å²) in [5.74, 6) is 1.18. The minimum absolute atomic E-state index is 0. The minimum atomic E-state index is 0. The molecule has 0 saturated carbocycles. The Labute approximate surface area is 191 Å². The van der Waals surface area contributed by atoms with Gasteiger partial charge in [-0.1, -0.05) is 30.3 Å². The SMILES string of the molecule is Cl.Cl.O=C(CCN1CCN(c2ccccn2)CC1)NCC1NCCc2ccccc21. The number of hydrogen-bond donors (Lipinski definition) is 2. The van der Waals surface area contributed by atoms with Gasteiger partial charge in [0.25, 0.3) is 0 Å². The lowest BCUT2D eigenvalue weighted by atomic mass is 9.94. The highest BCUT2D eigenvalue weighted by molar-refractivity contribution is 5.85. The maximum atomic E-state index is 12.3. The zero-order valence-corrected chi connectivity index (χ0v) is 18.8. The van der Waals surface area contributed by atoms with Gasteiger partial charge in [-0.05, 0) is 36.2 Å². The summed E-state index contributed by atoms with van der Waals surface area (Å²) in [6.07, 6.45) is 3.45. The van der Waals surface area contributed by atoms with E-state index in [0.717, 1.165) is 51.5 Å². The van der Waals surface area contributed by atoms with Crippen LogP contribution in [-0.4, -0.2) is 61.6 Å². The van der Waals surface area contributed by atoms with Gasteiger partial charge in [0, 0.05) is 57.9 Å². The van der Waals surface area contributed by atoms with Crippen LogP contribution in [0, 0.1) is 0 Å². The first-order valence-electron chi connectivity index (χ1n) is 10.3. The number of nitrogens with one attached hydrogen (secondary N) is 2. The number of fused-ring (bicyclic) bond motifs is 1. The second-order valence-electron chi connectivity index (χ2n) is 7.53. The molecule has 0 spiro atoms. The van der Waals surface area contributed by atoms with E-state index in [1.807, 2.05) is 18.3 Å². The first kappa shape index (κ1) is 24.4. The molecule has 1 unspecified atom stereocenters. The van der Waals surface area contributed by atoms with Gasteiger partial charge in [0.15, 0.2) is 0 Å². The lowest BCUT2D eigenvalue weighted by Gasteiger charge is -2.35. The fraction of sp³-hybridized carbons (Fsp3) is 0.455. The van der Waals surface area contributed by atoms with Crippen LogP contribution in [0.5, 0.6) is 0 Å². The predicted molar refractivity (Wildman–Crippen MR) is 126 cm³/mol. The Kier molecular flexibility index (Phi) is 9.85. The van der Waals surface area contributed by atoms with Crippen molar-refractivity contribution < 1.29 is 4.79 Å². The van der Waals surface area contributed by atoms with E-state index in [-0.39, 0.29) is 36.8 Å². The molecule has 2 aromatic rings. The number of benzene rings is 1. The molecule has 1 atom stereocenters. The number of hydrogen-bond acceptors (Lipinski definition) is 5. The summed E-state index contributed by atoms with van der Waals surface area (Å²) >= 11 is 0. The predicted octanol–water partition coefficient (Wildman–Crippen LogP) is 2.44.